The van der Waals surface area contributed by atoms with Gasteiger partial charge in [-0.25, -0.2) is 0 Å². The van der Waals surface area contributed by atoms with E-state index in [0.717, 1.165) is 31.6 Å². The summed E-state index contributed by atoms with van der Waals surface area (Å²) < 4.78 is 0. The molecule has 0 radical (unpaired) electrons. The van der Waals surface area contributed by atoms with Crippen LogP contribution in [0.3, 0.4) is 0 Å². The highest BCUT2D eigenvalue weighted by atomic mass is 32.2. The van der Waals surface area contributed by atoms with E-state index in [2.05, 4.69) is 9.80 Å². The molecule has 0 aromatic rings. The summed E-state index contributed by atoms with van der Waals surface area (Å²) in [5.74, 6) is 3.16. The van der Waals surface area contributed by atoms with E-state index in [4.69, 9.17) is 10.7 Å². The van der Waals surface area contributed by atoms with E-state index in [1.807, 2.05) is 11.8 Å². The van der Waals surface area contributed by atoms with Crippen molar-refractivity contribution in [2.24, 2.45) is 10.7 Å². The molecule has 0 aromatic heterocycles. The first kappa shape index (κ1) is 15.5. The number of guanidine groups is 1. The molecule has 5 heteroatoms. The second-order valence-corrected chi connectivity index (χ2v) is 7.85. The summed E-state index contributed by atoms with van der Waals surface area (Å²) in [6, 6.07) is 1.47. The maximum absolute atomic E-state index is 6.20. The van der Waals surface area contributed by atoms with Crippen molar-refractivity contribution in [1.29, 1.82) is 0 Å². The van der Waals surface area contributed by atoms with E-state index >= 15 is 0 Å². The van der Waals surface area contributed by atoms with Crippen LogP contribution in [0.5, 0.6) is 0 Å². The van der Waals surface area contributed by atoms with E-state index in [9.17, 15) is 0 Å². The van der Waals surface area contributed by atoms with Gasteiger partial charge in [0.1, 0.15) is 0 Å². The molecule has 4 nitrogen and oxygen atoms in total. The fourth-order valence-corrected chi connectivity index (χ4v) is 4.94. The molecule has 0 bridgehead atoms. The molecule has 1 unspecified atom stereocenters. The Bertz CT molecular complexity index is 348. The molecule has 2 aliphatic heterocycles. The number of aliphatic imine (C=N–C) groups is 1. The number of rotatable bonds is 3. The summed E-state index contributed by atoms with van der Waals surface area (Å²) in [5.41, 5.74) is 6.20. The minimum Gasteiger partial charge on any atom is -0.370 e. The van der Waals surface area contributed by atoms with Crippen LogP contribution in [0.2, 0.25) is 0 Å². The number of hydrogen-bond acceptors (Lipinski definition) is 3. The minimum absolute atomic E-state index is 0.644. The molecule has 0 aromatic carbocycles. The van der Waals surface area contributed by atoms with Crippen molar-refractivity contribution in [3.05, 3.63) is 0 Å². The minimum atomic E-state index is 0.644. The van der Waals surface area contributed by atoms with E-state index in [1.54, 1.807) is 0 Å². The highest BCUT2D eigenvalue weighted by Gasteiger charge is 2.31. The van der Waals surface area contributed by atoms with Gasteiger partial charge in [0, 0.05) is 36.7 Å². The Balaban J connectivity index is 1.52. The summed E-state index contributed by atoms with van der Waals surface area (Å²) in [6.45, 7) is 4.32. The van der Waals surface area contributed by atoms with Crippen molar-refractivity contribution in [2.45, 2.75) is 57.0 Å². The normalized spacial score (nSPS) is 30.0. The summed E-state index contributed by atoms with van der Waals surface area (Å²) in [7, 11) is 0. The fraction of sp³-hybridized carbons (Fsp3) is 0.938. The van der Waals surface area contributed by atoms with Crippen LogP contribution in [0.25, 0.3) is 0 Å². The predicted octanol–water partition coefficient (Wildman–Crippen LogP) is 2.15. The molecule has 2 saturated heterocycles. The first-order valence-corrected chi connectivity index (χ1v) is 9.88. The standard InChI is InChI=1S/C16H30N4S/c17-16(19-9-11-21-12-10-19)18-13-15-7-4-8-20(15)14-5-2-1-3-6-14/h14-15H,1-13H2,(H2,17,18). The molecule has 3 rings (SSSR count). The molecular formula is C16H30N4S. The Hall–Kier alpha value is -0.420. The molecule has 120 valence electrons. The summed E-state index contributed by atoms with van der Waals surface area (Å²) in [5, 5.41) is 0. The van der Waals surface area contributed by atoms with Crippen molar-refractivity contribution in [3.63, 3.8) is 0 Å². The lowest BCUT2D eigenvalue weighted by Gasteiger charge is -2.35. The Kier molecular flexibility index (Phi) is 5.69. The molecule has 3 fully saturated rings. The van der Waals surface area contributed by atoms with Gasteiger partial charge in [0.25, 0.3) is 0 Å². The lowest BCUT2D eigenvalue weighted by Crippen LogP contribution is -2.44. The van der Waals surface area contributed by atoms with Crippen molar-refractivity contribution in [2.75, 3.05) is 37.7 Å². The predicted molar refractivity (Wildman–Crippen MR) is 92.0 cm³/mol. The van der Waals surface area contributed by atoms with Gasteiger partial charge in [-0.3, -0.25) is 9.89 Å². The number of thioether (sulfide) groups is 1. The van der Waals surface area contributed by atoms with Gasteiger partial charge < -0.3 is 10.6 Å². The lowest BCUT2D eigenvalue weighted by atomic mass is 9.94. The first-order valence-electron chi connectivity index (χ1n) is 8.73. The Labute approximate surface area is 133 Å². The largest absolute Gasteiger partial charge is 0.370 e. The molecule has 1 saturated carbocycles. The molecule has 0 spiro atoms. The van der Waals surface area contributed by atoms with Crippen molar-refractivity contribution in [1.82, 2.24) is 9.80 Å². The maximum Gasteiger partial charge on any atom is 0.191 e. The highest BCUT2D eigenvalue weighted by Crippen LogP contribution is 2.29. The van der Waals surface area contributed by atoms with Gasteiger partial charge in [0.15, 0.2) is 5.96 Å². The Morgan fingerprint density at radius 3 is 2.52 bits per heavy atom. The monoisotopic (exact) mass is 310 g/mol. The molecule has 3 aliphatic rings. The summed E-state index contributed by atoms with van der Waals surface area (Å²) in [4.78, 5) is 9.76. The molecular weight excluding hydrogens is 280 g/mol. The summed E-state index contributed by atoms with van der Waals surface area (Å²) >= 11 is 2.02. The van der Waals surface area contributed by atoms with Gasteiger partial charge in [0.05, 0.1) is 6.54 Å². The van der Waals surface area contributed by atoms with Crippen molar-refractivity contribution >= 4 is 17.7 Å². The third-order valence-electron chi connectivity index (χ3n) is 5.27. The third kappa shape index (κ3) is 4.07. The average molecular weight is 311 g/mol. The van der Waals surface area contributed by atoms with Crippen LogP contribution in [0.15, 0.2) is 4.99 Å². The van der Waals surface area contributed by atoms with Crippen LogP contribution < -0.4 is 5.73 Å². The lowest BCUT2D eigenvalue weighted by molar-refractivity contribution is 0.145. The molecule has 21 heavy (non-hydrogen) atoms. The smallest absolute Gasteiger partial charge is 0.191 e. The van der Waals surface area contributed by atoms with Gasteiger partial charge in [-0.15, -0.1) is 0 Å². The SMILES string of the molecule is NC(=NCC1CCCN1C1CCCCC1)N1CCSCC1. The van der Waals surface area contributed by atoms with Crippen LogP contribution in [-0.4, -0.2) is 65.5 Å². The summed E-state index contributed by atoms with van der Waals surface area (Å²) in [6.07, 6.45) is 9.74. The number of hydrogen-bond donors (Lipinski definition) is 1. The topological polar surface area (TPSA) is 44.9 Å². The molecule has 2 heterocycles. The highest BCUT2D eigenvalue weighted by molar-refractivity contribution is 7.99. The second kappa shape index (κ2) is 7.73. The zero-order valence-corrected chi connectivity index (χ0v) is 14.0. The van der Waals surface area contributed by atoms with Crippen LogP contribution in [0, 0.1) is 0 Å². The fourth-order valence-electron chi connectivity index (χ4n) is 4.04. The maximum atomic E-state index is 6.20. The van der Waals surface area contributed by atoms with E-state index in [-0.39, 0.29) is 0 Å². The third-order valence-corrected chi connectivity index (χ3v) is 6.21. The van der Waals surface area contributed by atoms with Gasteiger partial charge in [0.2, 0.25) is 0 Å². The van der Waals surface area contributed by atoms with Crippen LogP contribution >= 0.6 is 11.8 Å². The van der Waals surface area contributed by atoms with Crippen molar-refractivity contribution < 1.29 is 0 Å². The van der Waals surface area contributed by atoms with E-state index in [1.165, 1.54) is 63.0 Å². The zero-order valence-electron chi connectivity index (χ0n) is 13.2. The van der Waals surface area contributed by atoms with Crippen molar-refractivity contribution in [3.8, 4) is 0 Å². The van der Waals surface area contributed by atoms with E-state index < -0.39 is 0 Å². The zero-order chi connectivity index (χ0) is 14.5. The molecule has 2 N–H and O–H groups in total. The second-order valence-electron chi connectivity index (χ2n) is 6.62. The quantitative estimate of drug-likeness (QED) is 0.641. The Morgan fingerprint density at radius 1 is 1.00 bits per heavy atom. The first-order chi connectivity index (χ1) is 10.3. The number of likely N-dealkylation sites (tertiary alicyclic amines) is 1. The van der Waals surface area contributed by atoms with Crippen LogP contribution in [0.1, 0.15) is 44.9 Å². The van der Waals surface area contributed by atoms with Crippen LogP contribution in [0.4, 0.5) is 0 Å². The van der Waals surface area contributed by atoms with Crippen LogP contribution in [-0.2, 0) is 0 Å². The average Bonchev–Trinajstić information content (AvgIpc) is 3.03. The molecule has 1 aliphatic carbocycles. The van der Waals surface area contributed by atoms with Gasteiger partial charge in [-0.05, 0) is 32.2 Å². The van der Waals surface area contributed by atoms with Gasteiger partial charge in [-0.2, -0.15) is 11.8 Å². The molecule has 1 atom stereocenters. The number of nitrogens with two attached hydrogens (primary N) is 1. The molecule has 0 amide bonds. The Morgan fingerprint density at radius 2 is 1.76 bits per heavy atom. The van der Waals surface area contributed by atoms with E-state index in [0.29, 0.717) is 6.04 Å². The number of nitrogens with zero attached hydrogens (tertiary/aromatic N) is 3. The van der Waals surface area contributed by atoms with Gasteiger partial charge in [-0.1, -0.05) is 19.3 Å². The van der Waals surface area contributed by atoms with Gasteiger partial charge >= 0.3 is 0 Å².